The minimum absolute atomic E-state index is 0.226. The molecule has 0 saturated carbocycles. The molecule has 0 saturated heterocycles. The van der Waals surface area contributed by atoms with Crippen molar-refractivity contribution in [2.45, 2.75) is 32.6 Å². The molecule has 0 radical (unpaired) electrons. The average molecular weight is 546 g/mol. The summed E-state index contributed by atoms with van der Waals surface area (Å²) in [6.07, 6.45) is -0.226. The third kappa shape index (κ3) is 4.11. The zero-order valence-electron chi connectivity index (χ0n) is 21.8. The maximum atomic E-state index is 13.7. The van der Waals surface area contributed by atoms with Crippen molar-refractivity contribution in [3.05, 3.63) is 112 Å². The van der Waals surface area contributed by atoms with E-state index in [1.165, 1.54) is 0 Å². The molecule has 2 unspecified atom stereocenters. The highest BCUT2D eigenvalue weighted by Gasteiger charge is 2.66. The molecule has 38 heavy (non-hydrogen) atoms. The van der Waals surface area contributed by atoms with Crippen molar-refractivity contribution < 1.29 is 14.6 Å². The lowest BCUT2D eigenvalue weighted by Crippen LogP contribution is -2.59. The molecule has 4 nitrogen and oxygen atoms in total. The van der Waals surface area contributed by atoms with Crippen LogP contribution in [0.1, 0.15) is 37.5 Å². The highest BCUT2D eigenvalue weighted by atomic mass is 35.5. The number of aliphatic carboxylic acids is 1. The Bertz CT molecular complexity index is 1530. The summed E-state index contributed by atoms with van der Waals surface area (Å²) in [5, 5.41) is 24.7. The number of rotatable bonds is 7. The molecular weight excluding hydrogens is 517 g/mol. The van der Waals surface area contributed by atoms with Gasteiger partial charge in [0.25, 0.3) is 0 Å². The van der Waals surface area contributed by atoms with Crippen LogP contribution in [0.4, 0.5) is 0 Å². The van der Waals surface area contributed by atoms with Crippen molar-refractivity contribution in [3.63, 3.8) is 0 Å². The van der Waals surface area contributed by atoms with Crippen LogP contribution in [0.3, 0.4) is 0 Å². The number of carbonyl (C=O) groups is 1. The van der Waals surface area contributed by atoms with Gasteiger partial charge in [-0.2, -0.15) is 5.26 Å². The quantitative estimate of drug-likeness (QED) is 0.253. The van der Waals surface area contributed by atoms with Gasteiger partial charge in [0.2, 0.25) is 0 Å². The van der Waals surface area contributed by atoms with Crippen molar-refractivity contribution >= 4 is 39.9 Å². The largest absolute Gasteiger partial charge is 0.496 e. The van der Waals surface area contributed by atoms with Crippen molar-refractivity contribution in [2.75, 3.05) is 7.11 Å². The second kappa shape index (κ2) is 10.3. The van der Waals surface area contributed by atoms with Crippen molar-refractivity contribution in [2.24, 2.45) is 10.8 Å². The van der Waals surface area contributed by atoms with Gasteiger partial charge < -0.3 is 9.84 Å². The number of carboxylic acid groups (broad SMARTS) is 1. The lowest BCUT2D eigenvalue weighted by atomic mass is 9.45. The fourth-order valence-electron chi connectivity index (χ4n) is 6.07. The number of methoxy groups -OCH3 is 1. The van der Waals surface area contributed by atoms with E-state index in [4.69, 9.17) is 27.9 Å². The van der Waals surface area contributed by atoms with Gasteiger partial charge in [-0.05, 0) is 45.5 Å². The van der Waals surface area contributed by atoms with Crippen LogP contribution in [0.5, 0.6) is 5.75 Å². The highest BCUT2D eigenvalue weighted by Crippen LogP contribution is 2.62. The van der Waals surface area contributed by atoms with Crippen LogP contribution in [-0.4, -0.2) is 18.2 Å². The number of halogens is 2. The number of benzene rings is 4. The van der Waals surface area contributed by atoms with E-state index in [-0.39, 0.29) is 6.42 Å². The predicted molar refractivity (Wildman–Crippen MR) is 153 cm³/mol. The van der Waals surface area contributed by atoms with Crippen LogP contribution in [0.15, 0.2) is 84.9 Å². The van der Waals surface area contributed by atoms with E-state index in [2.05, 4.69) is 6.07 Å². The normalized spacial score (nSPS) is 14.8. The Labute approximate surface area is 233 Å². The van der Waals surface area contributed by atoms with Gasteiger partial charge >= 0.3 is 5.97 Å². The van der Waals surface area contributed by atoms with Gasteiger partial charge in [-0.3, -0.25) is 4.79 Å². The average Bonchev–Trinajstić information content (AvgIpc) is 2.89. The molecule has 0 spiro atoms. The topological polar surface area (TPSA) is 70.3 Å². The summed E-state index contributed by atoms with van der Waals surface area (Å²) in [5.41, 5.74) is -2.61. The van der Waals surface area contributed by atoms with Crippen LogP contribution in [-0.2, 0) is 16.6 Å². The van der Waals surface area contributed by atoms with Crippen LogP contribution < -0.4 is 4.74 Å². The van der Waals surface area contributed by atoms with E-state index in [9.17, 15) is 15.2 Å². The molecule has 4 rings (SSSR count). The number of hydrogen-bond donors (Lipinski definition) is 1. The molecule has 2 atom stereocenters. The fourth-order valence-corrected chi connectivity index (χ4v) is 6.60. The van der Waals surface area contributed by atoms with E-state index in [1.807, 2.05) is 81.4 Å². The van der Waals surface area contributed by atoms with E-state index < -0.39 is 22.2 Å². The molecule has 0 fully saturated rings. The summed E-state index contributed by atoms with van der Waals surface area (Å²) in [6.45, 7) is 5.89. The third-order valence-corrected chi connectivity index (χ3v) is 8.24. The number of nitrogens with zero attached hydrogens (tertiary/aromatic N) is 1. The second-order valence-electron chi connectivity index (χ2n) is 10.4. The monoisotopic (exact) mass is 545 g/mol. The molecule has 1 N–H and O–H groups in total. The number of nitriles is 1. The Morgan fingerprint density at radius 1 is 0.868 bits per heavy atom. The van der Waals surface area contributed by atoms with Crippen LogP contribution in [0.25, 0.3) is 10.8 Å². The van der Waals surface area contributed by atoms with Crippen molar-refractivity contribution in [3.8, 4) is 11.8 Å². The first-order valence-electron chi connectivity index (χ1n) is 12.2. The fraction of sp³-hybridized carbons (Fsp3) is 0.250. The molecule has 0 aliphatic heterocycles. The molecule has 4 aromatic carbocycles. The molecule has 194 valence electrons. The van der Waals surface area contributed by atoms with Gasteiger partial charge in [-0.1, -0.05) is 111 Å². The Morgan fingerprint density at radius 2 is 1.42 bits per heavy atom. The molecule has 0 amide bonds. The molecule has 0 aromatic heterocycles. The second-order valence-corrected chi connectivity index (χ2v) is 11.2. The summed E-state index contributed by atoms with van der Waals surface area (Å²) >= 11 is 13.2. The number of para-hydroxylation sites is 1. The molecular formula is C32H29Cl2NO3. The number of ether oxygens (including phenoxy) is 1. The minimum Gasteiger partial charge on any atom is -0.496 e. The summed E-state index contributed by atoms with van der Waals surface area (Å²) in [7, 11) is 1.55. The van der Waals surface area contributed by atoms with Crippen LogP contribution in [0, 0.1) is 22.2 Å². The predicted octanol–water partition coefficient (Wildman–Crippen LogP) is 8.32. The highest BCUT2D eigenvalue weighted by molar-refractivity contribution is 6.36. The Balaban J connectivity index is 2.30. The van der Waals surface area contributed by atoms with Crippen LogP contribution in [0.2, 0.25) is 10.0 Å². The van der Waals surface area contributed by atoms with Gasteiger partial charge in [0, 0.05) is 22.0 Å². The minimum atomic E-state index is -2.06. The summed E-state index contributed by atoms with van der Waals surface area (Å²) in [6, 6.07) is 28.3. The van der Waals surface area contributed by atoms with Gasteiger partial charge in [-0.15, -0.1) is 0 Å². The zero-order valence-corrected chi connectivity index (χ0v) is 23.3. The Morgan fingerprint density at radius 3 is 2.03 bits per heavy atom. The lowest BCUT2D eigenvalue weighted by molar-refractivity contribution is -0.151. The Kier molecular flexibility index (Phi) is 7.48. The summed E-state index contributed by atoms with van der Waals surface area (Å²) in [5.74, 6) is -0.786. The van der Waals surface area contributed by atoms with E-state index >= 15 is 0 Å². The summed E-state index contributed by atoms with van der Waals surface area (Å²) in [4.78, 5) is 13.7. The molecule has 0 heterocycles. The molecule has 0 aliphatic carbocycles. The van der Waals surface area contributed by atoms with Gasteiger partial charge in [0.1, 0.15) is 5.75 Å². The van der Waals surface area contributed by atoms with Crippen molar-refractivity contribution in [1.82, 2.24) is 0 Å². The van der Waals surface area contributed by atoms with E-state index in [1.54, 1.807) is 31.4 Å². The maximum absolute atomic E-state index is 13.7. The van der Waals surface area contributed by atoms with Crippen LogP contribution >= 0.6 is 23.2 Å². The SMILES string of the molecule is COc1ccccc1C(c1cccc2ccccc12)(C(C)(C)C)C(C#N)(Cc1c(Cl)cccc1Cl)C(=O)O. The van der Waals surface area contributed by atoms with Crippen molar-refractivity contribution in [1.29, 1.82) is 5.26 Å². The maximum Gasteiger partial charge on any atom is 0.325 e. The van der Waals surface area contributed by atoms with Gasteiger partial charge in [-0.25, -0.2) is 0 Å². The standard InChI is InChI=1S/C32H29Cl2NO3/c1-30(2,3)32(25-14-7-8-18-28(25)38-4,24-15-9-12-21-11-5-6-13-22(21)24)31(20-35,29(36)37)19-23-26(33)16-10-17-27(23)34/h5-18H,19H2,1-4H3,(H,36,37). The van der Waals surface area contributed by atoms with Gasteiger partial charge in [0.15, 0.2) is 5.41 Å². The summed E-state index contributed by atoms with van der Waals surface area (Å²) < 4.78 is 5.84. The zero-order chi connectivity index (χ0) is 27.7. The molecule has 6 heteroatoms. The first kappa shape index (κ1) is 27.5. The smallest absolute Gasteiger partial charge is 0.325 e. The third-order valence-electron chi connectivity index (χ3n) is 7.53. The number of hydrogen-bond acceptors (Lipinski definition) is 3. The van der Waals surface area contributed by atoms with Gasteiger partial charge in [0.05, 0.1) is 18.6 Å². The first-order chi connectivity index (χ1) is 18.0. The van der Waals surface area contributed by atoms with E-state index in [0.29, 0.717) is 32.5 Å². The molecule has 4 aromatic rings. The number of carboxylic acids is 1. The lowest BCUT2D eigenvalue weighted by Gasteiger charge is -2.54. The molecule has 0 bridgehead atoms. The number of fused-ring (bicyclic) bond motifs is 1. The molecule has 0 aliphatic rings. The first-order valence-corrected chi connectivity index (χ1v) is 13.0. The Hall–Kier alpha value is -3.52. The van der Waals surface area contributed by atoms with E-state index in [0.717, 1.165) is 10.8 Å².